The first kappa shape index (κ1) is 20.3. The molecule has 3 rings (SSSR count). The van der Waals surface area contributed by atoms with E-state index < -0.39 is 0 Å². The second-order valence-electron chi connectivity index (χ2n) is 4.87. The highest BCUT2D eigenvalue weighted by atomic mass is 35.5. The third kappa shape index (κ3) is 4.20. The summed E-state index contributed by atoms with van der Waals surface area (Å²) in [6, 6.07) is 5.27. The zero-order valence-corrected chi connectivity index (χ0v) is 16.8. The number of aromatic nitrogens is 1. The lowest BCUT2D eigenvalue weighted by Crippen LogP contribution is -3.00. The van der Waals surface area contributed by atoms with Gasteiger partial charge in [-0.2, -0.15) is 0 Å². The Labute approximate surface area is 169 Å². The van der Waals surface area contributed by atoms with Crippen LogP contribution < -0.4 is 17.0 Å². The van der Waals surface area contributed by atoms with Crippen molar-refractivity contribution in [3.05, 3.63) is 49.8 Å². The molecule has 1 aliphatic heterocycles. The molecule has 0 amide bonds. The third-order valence-corrected chi connectivity index (χ3v) is 6.29. The van der Waals surface area contributed by atoms with Crippen molar-refractivity contribution in [3.8, 4) is 0 Å². The molecule has 0 aliphatic carbocycles. The summed E-state index contributed by atoms with van der Waals surface area (Å²) in [6.07, 6.45) is 1.79. The lowest BCUT2D eigenvalue weighted by Gasteiger charge is -2.00. The van der Waals surface area contributed by atoms with Crippen LogP contribution in [0.3, 0.4) is 0 Å². The van der Waals surface area contributed by atoms with Crippen LogP contribution in [-0.2, 0) is 16.0 Å². The van der Waals surface area contributed by atoms with Crippen LogP contribution in [-0.4, -0.2) is 18.5 Å². The Kier molecular flexibility index (Phi) is 6.93. The molecule has 4 nitrogen and oxygen atoms in total. The van der Waals surface area contributed by atoms with Gasteiger partial charge in [-0.25, -0.2) is 4.79 Å². The van der Waals surface area contributed by atoms with E-state index in [0.717, 1.165) is 4.34 Å². The van der Waals surface area contributed by atoms with Gasteiger partial charge in [0.2, 0.25) is 5.69 Å². The van der Waals surface area contributed by atoms with Crippen LogP contribution in [0.4, 0.5) is 0 Å². The number of fused-ring (bicyclic) bond motifs is 1. The van der Waals surface area contributed by atoms with Crippen LogP contribution in [0.15, 0.2) is 32.8 Å². The minimum Gasteiger partial charge on any atom is -1.00 e. The predicted octanol–water partition coefficient (Wildman–Crippen LogP) is 1.24. The third-order valence-electron chi connectivity index (χ3n) is 3.28. The number of thiazole rings is 1. The SMILES string of the molecule is CCOC(=O)Cc1csc2[n+]1C(=O)C(=Cc1cccc(Cl)c1Cl)S2.[Cl-]. The molecule has 0 unspecified atom stereocenters. The van der Waals surface area contributed by atoms with E-state index in [2.05, 4.69) is 0 Å². The Bertz CT molecular complexity index is 864. The summed E-state index contributed by atoms with van der Waals surface area (Å²) in [4.78, 5) is 24.9. The first-order valence-electron chi connectivity index (χ1n) is 7.07. The van der Waals surface area contributed by atoms with Crippen molar-refractivity contribution < 1.29 is 31.3 Å². The van der Waals surface area contributed by atoms with E-state index in [1.54, 1.807) is 41.1 Å². The van der Waals surface area contributed by atoms with Crippen LogP contribution in [0, 0.1) is 0 Å². The van der Waals surface area contributed by atoms with Gasteiger partial charge in [0.15, 0.2) is 0 Å². The number of carbonyl (C=O) groups excluding carboxylic acids is 2. The zero-order chi connectivity index (χ0) is 17.3. The molecule has 0 atom stereocenters. The van der Waals surface area contributed by atoms with Gasteiger partial charge < -0.3 is 17.1 Å². The molecular formula is C16H12Cl3NO3S2. The standard InChI is InChI=1S/C16H12Cl2NO3S2.ClH/c1-2-22-13(20)7-10-8-23-16-19(10)15(21)12(24-16)6-9-4-3-5-11(17)14(9)18;/h3-6,8H,2,7H2,1H3;1H/q+1;/p-1. The number of nitrogens with zero attached hydrogens (tertiary/aromatic N) is 1. The van der Waals surface area contributed by atoms with Crippen molar-refractivity contribution in [1.29, 1.82) is 0 Å². The summed E-state index contributed by atoms with van der Waals surface area (Å²) in [5.74, 6) is -0.523. The number of allylic oxidation sites excluding steroid dienone is 1. The smallest absolute Gasteiger partial charge is 0.433 e. The van der Waals surface area contributed by atoms with Crippen molar-refractivity contribution in [2.24, 2.45) is 0 Å². The van der Waals surface area contributed by atoms with Gasteiger partial charge in [0.25, 0.3) is 0 Å². The number of rotatable bonds is 4. The number of carbonyl (C=O) groups is 2. The van der Waals surface area contributed by atoms with E-state index in [1.165, 1.54) is 23.1 Å². The largest absolute Gasteiger partial charge is 1.00 e. The number of hydrogen-bond acceptors (Lipinski definition) is 5. The summed E-state index contributed by atoms with van der Waals surface area (Å²) in [7, 11) is 0. The minimum absolute atomic E-state index is 0. The molecule has 0 bridgehead atoms. The highest BCUT2D eigenvalue weighted by Crippen LogP contribution is 2.37. The van der Waals surface area contributed by atoms with Gasteiger partial charge in [-0.3, -0.25) is 4.79 Å². The van der Waals surface area contributed by atoms with Gasteiger partial charge in [0.05, 0.1) is 22.0 Å². The van der Waals surface area contributed by atoms with Crippen LogP contribution in [0.5, 0.6) is 0 Å². The molecule has 25 heavy (non-hydrogen) atoms. The first-order valence-corrected chi connectivity index (χ1v) is 9.52. The molecule has 1 aliphatic rings. The predicted molar refractivity (Wildman–Crippen MR) is 95.8 cm³/mol. The molecule has 132 valence electrons. The Morgan fingerprint density at radius 1 is 1.36 bits per heavy atom. The minimum atomic E-state index is -0.348. The van der Waals surface area contributed by atoms with Gasteiger partial charge >= 0.3 is 16.2 Å². The fourth-order valence-electron chi connectivity index (χ4n) is 2.22. The van der Waals surface area contributed by atoms with Gasteiger partial charge in [-0.15, -0.1) is 4.57 Å². The van der Waals surface area contributed by atoms with E-state index in [4.69, 9.17) is 27.9 Å². The Morgan fingerprint density at radius 2 is 2.12 bits per heavy atom. The number of thioether (sulfide) groups is 1. The van der Waals surface area contributed by atoms with Gasteiger partial charge in [0.1, 0.15) is 11.3 Å². The van der Waals surface area contributed by atoms with E-state index in [1.807, 2.05) is 0 Å². The second kappa shape index (κ2) is 8.56. The summed E-state index contributed by atoms with van der Waals surface area (Å²) in [5.41, 5.74) is 1.31. The molecule has 1 aromatic carbocycles. The Hall–Kier alpha value is -1.05. The van der Waals surface area contributed by atoms with E-state index >= 15 is 0 Å². The van der Waals surface area contributed by atoms with Crippen molar-refractivity contribution in [2.75, 3.05) is 6.61 Å². The van der Waals surface area contributed by atoms with Gasteiger partial charge in [-0.05, 0) is 24.6 Å². The van der Waals surface area contributed by atoms with Gasteiger partial charge in [-0.1, -0.05) is 46.7 Å². The lowest BCUT2D eigenvalue weighted by molar-refractivity contribution is -0.607. The topological polar surface area (TPSA) is 47.2 Å². The van der Waals surface area contributed by atoms with Crippen molar-refractivity contribution in [1.82, 2.24) is 0 Å². The van der Waals surface area contributed by atoms with Crippen molar-refractivity contribution in [3.63, 3.8) is 0 Å². The lowest BCUT2D eigenvalue weighted by atomic mass is 10.2. The van der Waals surface area contributed by atoms with Crippen LogP contribution in [0.2, 0.25) is 10.0 Å². The number of halogens is 3. The van der Waals surface area contributed by atoms with E-state index in [-0.39, 0.29) is 30.7 Å². The monoisotopic (exact) mass is 435 g/mol. The van der Waals surface area contributed by atoms with Crippen molar-refractivity contribution >= 4 is 64.3 Å². The zero-order valence-electron chi connectivity index (χ0n) is 12.9. The first-order chi connectivity index (χ1) is 11.5. The number of benzene rings is 1. The van der Waals surface area contributed by atoms with Crippen LogP contribution >= 0.6 is 46.3 Å². The molecule has 2 heterocycles. The molecule has 0 N–H and O–H groups in total. The van der Waals surface area contributed by atoms with Crippen LogP contribution in [0.1, 0.15) is 23.0 Å². The second-order valence-corrected chi connectivity index (χ2v) is 7.80. The average Bonchev–Trinajstić information content (AvgIpc) is 3.06. The van der Waals surface area contributed by atoms with E-state index in [0.29, 0.717) is 32.8 Å². The number of hydrogen-bond donors (Lipinski definition) is 0. The maximum absolute atomic E-state index is 12.7. The summed E-state index contributed by atoms with van der Waals surface area (Å²) < 4.78 is 7.31. The maximum Gasteiger partial charge on any atom is 0.433 e. The van der Waals surface area contributed by atoms with Crippen LogP contribution in [0.25, 0.3) is 6.08 Å². The molecule has 2 aromatic rings. The Morgan fingerprint density at radius 3 is 2.84 bits per heavy atom. The number of esters is 1. The summed E-state index contributed by atoms with van der Waals surface area (Å²) in [6.45, 7) is 2.07. The molecule has 0 radical (unpaired) electrons. The Balaban J connectivity index is 0.00000225. The molecular weight excluding hydrogens is 425 g/mol. The molecule has 0 saturated heterocycles. The summed E-state index contributed by atoms with van der Waals surface area (Å²) in [5, 5.41) is 2.65. The van der Waals surface area contributed by atoms with Gasteiger partial charge in [0, 0.05) is 11.8 Å². The highest BCUT2D eigenvalue weighted by Gasteiger charge is 2.41. The fourth-order valence-corrected chi connectivity index (χ4v) is 4.76. The molecule has 0 fully saturated rings. The molecule has 1 aromatic heterocycles. The molecule has 0 saturated carbocycles. The van der Waals surface area contributed by atoms with E-state index in [9.17, 15) is 9.59 Å². The molecule has 0 spiro atoms. The van der Waals surface area contributed by atoms with Crippen molar-refractivity contribution in [2.45, 2.75) is 17.7 Å². The fraction of sp³-hybridized carbons (Fsp3) is 0.188. The normalized spacial score (nSPS) is 14.4. The summed E-state index contributed by atoms with van der Waals surface area (Å²) >= 11 is 15.0. The maximum atomic E-state index is 12.7. The quantitative estimate of drug-likeness (QED) is 0.411. The molecule has 9 heteroatoms. The highest BCUT2D eigenvalue weighted by molar-refractivity contribution is 8.05. The average molecular weight is 437 g/mol. The number of ether oxygens (including phenoxy) is 1.